The number of sulfonamides is 1. The first-order valence-corrected chi connectivity index (χ1v) is 7.73. The van der Waals surface area contributed by atoms with Crippen LogP contribution in [-0.2, 0) is 19.6 Å². The molecule has 0 saturated carbocycles. The van der Waals surface area contributed by atoms with Gasteiger partial charge in [-0.05, 0) is 25.1 Å². The molecule has 0 aliphatic heterocycles. The van der Waals surface area contributed by atoms with Crippen LogP contribution >= 0.6 is 15.9 Å². The van der Waals surface area contributed by atoms with Gasteiger partial charge in [-0.25, -0.2) is 13.2 Å². The number of hydrogen-bond donors (Lipinski definition) is 2. The monoisotopic (exact) mass is 365 g/mol. The zero-order chi connectivity index (χ0) is 15.3. The number of aliphatic carboxylic acids is 1. The number of halogens is 1. The Hall–Kier alpha value is -1.45. The predicted octanol–water partition coefficient (Wildman–Crippen LogP) is 0.989. The molecule has 2 N–H and O–H groups in total. The van der Waals surface area contributed by atoms with Crippen LogP contribution in [-0.4, -0.2) is 38.6 Å². The molecule has 1 aromatic rings. The molecular weight excluding hydrogens is 354 g/mol. The minimum Gasteiger partial charge on any atom is -0.480 e. The largest absolute Gasteiger partial charge is 0.480 e. The van der Waals surface area contributed by atoms with Crippen LogP contribution in [0.5, 0.6) is 0 Å². The van der Waals surface area contributed by atoms with Gasteiger partial charge in [-0.15, -0.1) is 0 Å². The van der Waals surface area contributed by atoms with E-state index < -0.39 is 28.5 Å². The van der Waals surface area contributed by atoms with Crippen LogP contribution in [0.3, 0.4) is 0 Å². The van der Waals surface area contributed by atoms with Gasteiger partial charge in [-0.3, -0.25) is 4.79 Å². The number of nitrogens with one attached hydrogen (secondary N) is 1. The van der Waals surface area contributed by atoms with E-state index in [0.29, 0.717) is 4.47 Å². The van der Waals surface area contributed by atoms with E-state index in [1.54, 1.807) is 6.92 Å². The summed E-state index contributed by atoms with van der Waals surface area (Å²) in [5.74, 6) is -1.97. The number of carboxylic acids is 1. The van der Waals surface area contributed by atoms with Gasteiger partial charge >= 0.3 is 11.9 Å². The number of benzene rings is 1. The summed E-state index contributed by atoms with van der Waals surface area (Å²) in [7, 11) is -4.02. The van der Waals surface area contributed by atoms with E-state index in [0.717, 1.165) is 6.07 Å². The van der Waals surface area contributed by atoms with Crippen molar-refractivity contribution in [2.45, 2.75) is 11.8 Å². The molecule has 7 nitrogen and oxygen atoms in total. The van der Waals surface area contributed by atoms with Crippen molar-refractivity contribution in [3.63, 3.8) is 0 Å². The highest BCUT2D eigenvalue weighted by Gasteiger charge is 2.19. The number of hydrogen-bond acceptors (Lipinski definition) is 5. The summed E-state index contributed by atoms with van der Waals surface area (Å²) in [4.78, 5) is 21.8. The molecule has 0 fully saturated rings. The molecule has 0 saturated heterocycles. The Morgan fingerprint density at radius 2 is 2.00 bits per heavy atom. The van der Waals surface area contributed by atoms with Crippen LogP contribution in [0.15, 0.2) is 27.6 Å². The number of ether oxygens (including phenoxy) is 1. The van der Waals surface area contributed by atoms with Crippen LogP contribution in [0.4, 0.5) is 0 Å². The molecule has 0 spiro atoms. The van der Waals surface area contributed by atoms with Gasteiger partial charge in [0.1, 0.15) is 6.54 Å². The lowest BCUT2D eigenvalue weighted by Gasteiger charge is -2.08. The maximum absolute atomic E-state index is 11.9. The maximum atomic E-state index is 11.9. The second kappa shape index (κ2) is 6.82. The minimum atomic E-state index is -4.02. The van der Waals surface area contributed by atoms with E-state index in [1.165, 1.54) is 12.1 Å². The molecule has 0 heterocycles. The van der Waals surface area contributed by atoms with Crippen molar-refractivity contribution < 1.29 is 27.9 Å². The topological polar surface area (TPSA) is 110 Å². The minimum absolute atomic E-state index is 0.0527. The van der Waals surface area contributed by atoms with Gasteiger partial charge in [0, 0.05) is 4.47 Å². The van der Waals surface area contributed by atoms with Gasteiger partial charge < -0.3 is 9.84 Å². The van der Waals surface area contributed by atoms with Crippen LogP contribution < -0.4 is 4.72 Å². The van der Waals surface area contributed by atoms with E-state index in [9.17, 15) is 18.0 Å². The Morgan fingerprint density at radius 3 is 2.55 bits per heavy atom. The number of carboxylic acid groups (broad SMARTS) is 1. The molecule has 0 bridgehead atoms. The number of esters is 1. The molecule has 0 amide bonds. The highest BCUT2D eigenvalue weighted by molar-refractivity contribution is 9.10. The van der Waals surface area contributed by atoms with Crippen LogP contribution in [0.1, 0.15) is 17.3 Å². The summed E-state index contributed by atoms with van der Waals surface area (Å²) in [6, 6.07) is 3.79. The van der Waals surface area contributed by atoms with Crippen molar-refractivity contribution in [1.29, 1.82) is 0 Å². The Bertz CT molecular complexity index is 628. The lowest BCUT2D eigenvalue weighted by atomic mass is 10.2. The van der Waals surface area contributed by atoms with Gasteiger partial charge in [0.05, 0.1) is 17.1 Å². The van der Waals surface area contributed by atoms with Gasteiger partial charge in [0.15, 0.2) is 0 Å². The molecule has 1 aromatic carbocycles. The molecule has 0 aliphatic rings. The first-order valence-electron chi connectivity index (χ1n) is 5.45. The average Bonchev–Trinajstić information content (AvgIpc) is 2.36. The Balaban J connectivity index is 3.12. The maximum Gasteiger partial charge on any atom is 0.338 e. The fourth-order valence-corrected chi connectivity index (χ4v) is 2.98. The smallest absolute Gasteiger partial charge is 0.338 e. The quantitative estimate of drug-likeness (QED) is 0.727. The van der Waals surface area contributed by atoms with Crippen LogP contribution in [0.2, 0.25) is 0 Å². The van der Waals surface area contributed by atoms with Gasteiger partial charge in [0.25, 0.3) is 0 Å². The molecule has 0 unspecified atom stereocenters. The molecule has 20 heavy (non-hydrogen) atoms. The summed E-state index contributed by atoms with van der Waals surface area (Å²) in [5, 5.41) is 8.48. The molecule has 1 rings (SSSR count). The Morgan fingerprint density at radius 1 is 1.35 bits per heavy atom. The summed E-state index contributed by atoms with van der Waals surface area (Å²) in [6.07, 6.45) is 0. The highest BCUT2D eigenvalue weighted by atomic mass is 79.9. The number of carbonyl (C=O) groups excluding carboxylic acids is 1. The lowest BCUT2D eigenvalue weighted by Crippen LogP contribution is -2.29. The van der Waals surface area contributed by atoms with Crippen molar-refractivity contribution in [1.82, 2.24) is 4.72 Å². The molecule has 0 atom stereocenters. The second-order valence-corrected chi connectivity index (χ2v) is 6.30. The van der Waals surface area contributed by atoms with E-state index in [-0.39, 0.29) is 17.1 Å². The third-order valence-corrected chi connectivity index (χ3v) is 3.94. The van der Waals surface area contributed by atoms with E-state index in [1.807, 2.05) is 4.72 Å². The fraction of sp³-hybridized carbons (Fsp3) is 0.273. The molecule has 110 valence electrons. The van der Waals surface area contributed by atoms with Crippen LogP contribution in [0, 0.1) is 0 Å². The van der Waals surface area contributed by atoms with E-state index in [2.05, 4.69) is 15.9 Å². The van der Waals surface area contributed by atoms with Crippen molar-refractivity contribution >= 4 is 37.9 Å². The molecule has 9 heteroatoms. The normalized spacial score (nSPS) is 11.1. The number of rotatable bonds is 6. The predicted molar refractivity (Wildman–Crippen MR) is 72.9 cm³/mol. The van der Waals surface area contributed by atoms with Gasteiger partial charge in [-0.2, -0.15) is 4.72 Å². The van der Waals surface area contributed by atoms with Gasteiger partial charge in [0.2, 0.25) is 10.0 Å². The molecule has 0 aromatic heterocycles. The SMILES string of the molecule is CCOC(=O)c1cc(Br)cc(S(=O)(=O)NCC(=O)O)c1. The third kappa shape index (κ3) is 4.58. The van der Waals surface area contributed by atoms with Crippen LogP contribution in [0.25, 0.3) is 0 Å². The second-order valence-electron chi connectivity index (χ2n) is 3.61. The van der Waals surface area contributed by atoms with Crippen molar-refractivity contribution in [3.8, 4) is 0 Å². The zero-order valence-electron chi connectivity index (χ0n) is 10.4. The lowest BCUT2D eigenvalue weighted by molar-refractivity contribution is -0.135. The van der Waals surface area contributed by atoms with Gasteiger partial charge in [-0.1, -0.05) is 15.9 Å². The van der Waals surface area contributed by atoms with Crippen molar-refractivity contribution in [3.05, 3.63) is 28.2 Å². The summed E-state index contributed by atoms with van der Waals surface area (Å²) in [6.45, 7) is 1.04. The molecular formula is C11H12BrNO6S. The van der Waals surface area contributed by atoms with Crippen molar-refractivity contribution in [2.75, 3.05) is 13.2 Å². The van der Waals surface area contributed by atoms with E-state index >= 15 is 0 Å². The molecule has 0 radical (unpaired) electrons. The number of carbonyl (C=O) groups is 2. The first kappa shape index (κ1) is 16.6. The zero-order valence-corrected chi connectivity index (χ0v) is 12.8. The summed E-state index contributed by atoms with van der Waals surface area (Å²) < 4.78 is 30.8. The molecule has 0 aliphatic carbocycles. The average molecular weight is 366 g/mol. The Kier molecular flexibility index (Phi) is 5.66. The first-order chi connectivity index (χ1) is 9.26. The summed E-state index contributed by atoms with van der Waals surface area (Å²) >= 11 is 3.09. The standard InChI is InChI=1S/C11H12BrNO6S/c1-2-19-11(16)7-3-8(12)5-9(4-7)20(17,18)13-6-10(14)15/h3-5,13H,2,6H2,1H3,(H,14,15). The fourth-order valence-electron chi connectivity index (χ4n) is 1.29. The Labute approximate surface area is 124 Å². The summed E-state index contributed by atoms with van der Waals surface area (Å²) in [5.41, 5.74) is 0.0527. The third-order valence-electron chi connectivity index (χ3n) is 2.11. The van der Waals surface area contributed by atoms with Crippen molar-refractivity contribution in [2.24, 2.45) is 0 Å². The van der Waals surface area contributed by atoms with E-state index in [4.69, 9.17) is 9.84 Å². The highest BCUT2D eigenvalue weighted by Crippen LogP contribution is 2.20.